The second-order valence-electron chi connectivity index (χ2n) is 3.63. The van der Waals surface area contributed by atoms with Gasteiger partial charge in [0.2, 0.25) is 0 Å². The molecule has 0 aliphatic heterocycles. The highest BCUT2D eigenvalue weighted by Crippen LogP contribution is 2.36. The van der Waals surface area contributed by atoms with E-state index in [-0.39, 0.29) is 0 Å². The smallest absolute Gasteiger partial charge is 0.126 e. The summed E-state index contributed by atoms with van der Waals surface area (Å²) >= 11 is 6.24. The van der Waals surface area contributed by atoms with E-state index in [4.69, 9.17) is 16.3 Å². The molecule has 0 spiro atoms. The molecule has 0 atom stereocenters. The van der Waals surface area contributed by atoms with Crippen LogP contribution in [0.3, 0.4) is 0 Å². The topological polar surface area (TPSA) is 9.23 Å². The number of hydrogen-bond donors (Lipinski definition) is 0. The average molecular weight is 233 g/mol. The van der Waals surface area contributed by atoms with Crippen LogP contribution in [0.25, 0.3) is 11.1 Å². The second kappa shape index (κ2) is 4.58. The minimum absolute atomic E-state index is 0.754. The molecule has 0 fully saturated rings. The molecule has 0 aliphatic carbocycles. The Hall–Kier alpha value is -1.47. The third-order valence-corrected chi connectivity index (χ3v) is 2.91. The van der Waals surface area contributed by atoms with Crippen LogP contribution in [0.1, 0.15) is 5.56 Å². The van der Waals surface area contributed by atoms with Crippen molar-refractivity contribution in [3.63, 3.8) is 0 Å². The van der Waals surface area contributed by atoms with Crippen LogP contribution >= 0.6 is 11.6 Å². The van der Waals surface area contributed by atoms with Crippen molar-refractivity contribution in [2.75, 3.05) is 7.11 Å². The van der Waals surface area contributed by atoms with Gasteiger partial charge in [-0.1, -0.05) is 41.9 Å². The quantitative estimate of drug-likeness (QED) is 0.749. The maximum absolute atomic E-state index is 6.24. The van der Waals surface area contributed by atoms with Crippen molar-refractivity contribution < 1.29 is 4.74 Å². The van der Waals surface area contributed by atoms with Crippen LogP contribution in [0.4, 0.5) is 0 Å². The standard InChI is InChI=1S/C14H13ClO/c1-10-6-5-8-12(15)14(10)11-7-3-4-9-13(11)16-2/h3-9H,1-2H3. The van der Waals surface area contributed by atoms with E-state index in [0.29, 0.717) is 0 Å². The Morgan fingerprint density at radius 1 is 1.00 bits per heavy atom. The van der Waals surface area contributed by atoms with Crippen molar-refractivity contribution in [3.05, 3.63) is 53.1 Å². The first-order valence-corrected chi connectivity index (χ1v) is 5.50. The molecule has 0 amide bonds. The molecule has 16 heavy (non-hydrogen) atoms. The fourth-order valence-electron chi connectivity index (χ4n) is 1.82. The predicted molar refractivity (Wildman–Crippen MR) is 68.2 cm³/mol. The van der Waals surface area contributed by atoms with Gasteiger partial charge in [0.15, 0.2) is 0 Å². The Balaban J connectivity index is 2.67. The van der Waals surface area contributed by atoms with Gasteiger partial charge in [0, 0.05) is 16.1 Å². The molecule has 0 heterocycles. The molecule has 0 bridgehead atoms. The number of hydrogen-bond acceptors (Lipinski definition) is 1. The zero-order valence-electron chi connectivity index (χ0n) is 9.33. The number of methoxy groups -OCH3 is 1. The highest BCUT2D eigenvalue weighted by molar-refractivity contribution is 6.33. The van der Waals surface area contributed by atoms with Crippen LogP contribution in [-0.2, 0) is 0 Å². The highest BCUT2D eigenvalue weighted by Gasteiger charge is 2.10. The van der Waals surface area contributed by atoms with Crippen LogP contribution in [0.5, 0.6) is 5.75 Å². The van der Waals surface area contributed by atoms with Gasteiger partial charge in [0.05, 0.1) is 7.11 Å². The van der Waals surface area contributed by atoms with Gasteiger partial charge < -0.3 is 4.74 Å². The molecule has 1 nitrogen and oxygen atoms in total. The van der Waals surface area contributed by atoms with Gasteiger partial charge in [-0.05, 0) is 24.6 Å². The molecule has 0 unspecified atom stereocenters. The number of halogens is 1. The zero-order valence-corrected chi connectivity index (χ0v) is 10.1. The first-order valence-electron chi connectivity index (χ1n) is 5.12. The predicted octanol–water partition coefficient (Wildman–Crippen LogP) is 4.32. The van der Waals surface area contributed by atoms with Gasteiger partial charge in [-0.2, -0.15) is 0 Å². The summed E-state index contributed by atoms with van der Waals surface area (Å²) in [5, 5.41) is 0.754. The molecule has 0 radical (unpaired) electrons. The van der Waals surface area contributed by atoms with Crippen molar-refractivity contribution in [3.8, 4) is 16.9 Å². The summed E-state index contributed by atoms with van der Waals surface area (Å²) in [5.41, 5.74) is 3.23. The molecule has 0 aliphatic rings. The lowest BCUT2D eigenvalue weighted by Crippen LogP contribution is -1.90. The van der Waals surface area contributed by atoms with E-state index >= 15 is 0 Å². The summed E-state index contributed by atoms with van der Waals surface area (Å²) in [6.07, 6.45) is 0. The van der Waals surface area contributed by atoms with Gasteiger partial charge in [-0.15, -0.1) is 0 Å². The minimum Gasteiger partial charge on any atom is -0.496 e. The number of ether oxygens (including phenoxy) is 1. The third kappa shape index (κ3) is 1.91. The molecule has 2 aromatic rings. The Bertz CT molecular complexity index is 486. The van der Waals surface area contributed by atoms with E-state index in [1.54, 1.807) is 7.11 Å². The van der Waals surface area contributed by atoms with E-state index in [1.165, 1.54) is 0 Å². The molecule has 0 aromatic heterocycles. The Morgan fingerprint density at radius 3 is 2.44 bits per heavy atom. The Labute approximate surface area is 101 Å². The fraction of sp³-hybridized carbons (Fsp3) is 0.143. The van der Waals surface area contributed by atoms with Crippen LogP contribution in [-0.4, -0.2) is 7.11 Å². The Morgan fingerprint density at radius 2 is 1.75 bits per heavy atom. The van der Waals surface area contributed by atoms with Crippen molar-refractivity contribution >= 4 is 11.6 Å². The van der Waals surface area contributed by atoms with Crippen molar-refractivity contribution in [2.45, 2.75) is 6.92 Å². The molecule has 0 saturated carbocycles. The fourth-order valence-corrected chi connectivity index (χ4v) is 2.15. The lowest BCUT2D eigenvalue weighted by atomic mass is 10.00. The highest BCUT2D eigenvalue weighted by atomic mass is 35.5. The van der Waals surface area contributed by atoms with Gasteiger partial charge in [0.25, 0.3) is 0 Å². The maximum atomic E-state index is 6.24. The summed E-state index contributed by atoms with van der Waals surface area (Å²) in [5.74, 6) is 0.846. The van der Waals surface area contributed by atoms with E-state index in [2.05, 4.69) is 0 Å². The number of benzene rings is 2. The van der Waals surface area contributed by atoms with Crippen LogP contribution < -0.4 is 4.74 Å². The monoisotopic (exact) mass is 232 g/mol. The van der Waals surface area contributed by atoms with E-state index in [1.807, 2.05) is 49.4 Å². The minimum atomic E-state index is 0.754. The lowest BCUT2D eigenvalue weighted by Gasteiger charge is -2.12. The zero-order chi connectivity index (χ0) is 11.5. The Kier molecular flexibility index (Phi) is 3.16. The molecule has 2 heteroatoms. The molecule has 0 saturated heterocycles. The molecular weight excluding hydrogens is 220 g/mol. The van der Waals surface area contributed by atoms with E-state index < -0.39 is 0 Å². The SMILES string of the molecule is COc1ccccc1-c1c(C)cccc1Cl. The largest absolute Gasteiger partial charge is 0.496 e. The maximum Gasteiger partial charge on any atom is 0.126 e. The van der Waals surface area contributed by atoms with Crippen molar-refractivity contribution in [2.24, 2.45) is 0 Å². The normalized spacial score (nSPS) is 10.2. The molecule has 82 valence electrons. The summed E-state index contributed by atoms with van der Waals surface area (Å²) in [4.78, 5) is 0. The average Bonchev–Trinajstić information content (AvgIpc) is 2.29. The van der Waals surface area contributed by atoms with Crippen molar-refractivity contribution in [1.29, 1.82) is 0 Å². The van der Waals surface area contributed by atoms with Crippen molar-refractivity contribution in [1.82, 2.24) is 0 Å². The second-order valence-corrected chi connectivity index (χ2v) is 4.04. The van der Waals surface area contributed by atoms with Crippen LogP contribution in [0, 0.1) is 6.92 Å². The van der Waals surface area contributed by atoms with Crippen LogP contribution in [0.15, 0.2) is 42.5 Å². The molecule has 0 N–H and O–H groups in total. The lowest BCUT2D eigenvalue weighted by molar-refractivity contribution is 0.416. The summed E-state index contributed by atoms with van der Waals surface area (Å²) in [7, 11) is 1.67. The molecular formula is C14H13ClO. The number of rotatable bonds is 2. The van der Waals surface area contributed by atoms with Gasteiger partial charge in [0.1, 0.15) is 5.75 Å². The molecule has 2 aromatic carbocycles. The number of para-hydroxylation sites is 1. The van der Waals surface area contributed by atoms with E-state index in [9.17, 15) is 0 Å². The first kappa shape index (κ1) is 11.0. The summed E-state index contributed by atoms with van der Waals surface area (Å²) in [6, 6.07) is 13.8. The number of aryl methyl sites for hydroxylation is 1. The molecule has 2 rings (SSSR count). The van der Waals surface area contributed by atoms with Gasteiger partial charge in [-0.3, -0.25) is 0 Å². The summed E-state index contributed by atoms with van der Waals surface area (Å²) in [6.45, 7) is 2.05. The van der Waals surface area contributed by atoms with Crippen LogP contribution in [0.2, 0.25) is 5.02 Å². The summed E-state index contributed by atoms with van der Waals surface area (Å²) < 4.78 is 5.35. The van der Waals surface area contributed by atoms with Gasteiger partial charge >= 0.3 is 0 Å². The van der Waals surface area contributed by atoms with Gasteiger partial charge in [-0.25, -0.2) is 0 Å². The van der Waals surface area contributed by atoms with E-state index in [0.717, 1.165) is 27.5 Å². The first-order chi connectivity index (χ1) is 7.74. The third-order valence-electron chi connectivity index (χ3n) is 2.60.